The molecular weight excluding hydrogens is 524 g/mol. The summed E-state index contributed by atoms with van der Waals surface area (Å²) in [5.41, 5.74) is 5.60. The van der Waals surface area contributed by atoms with E-state index in [2.05, 4.69) is 10.3 Å². The van der Waals surface area contributed by atoms with Gasteiger partial charge in [0.05, 0.1) is 15.7 Å². The van der Waals surface area contributed by atoms with Crippen LogP contribution >= 0.6 is 11.3 Å². The van der Waals surface area contributed by atoms with Crippen molar-refractivity contribution in [1.29, 1.82) is 0 Å². The number of hydrogen-bond acceptors (Lipinski definition) is 3. The van der Waals surface area contributed by atoms with Crippen LogP contribution in [0.25, 0.3) is 10.2 Å². The lowest BCUT2D eigenvalue weighted by Gasteiger charge is -2.20. The third kappa shape index (κ3) is 6.52. The van der Waals surface area contributed by atoms with Crippen LogP contribution in [0.2, 0.25) is 0 Å². The SMILES string of the molecule is CC(Cc1cc(F)cc(F)c1)NC(=O)c1cccc([C@@H](Cc2cc(F)cc(F)c2)c2ccc3scnc3c2)c1. The standard InChI is InChI=1S/C31H24F4N2OS/c1-18(7-19-8-24(32)15-25(33)9-19)37-31(38)23-4-2-3-21(13-23)28(12-20-10-26(34)16-27(35)11-20)22-5-6-30-29(14-22)36-17-39-30/h2-6,8-11,13-18,28H,7,12H2,1H3,(H,37,38)/t18?,28-/m1/s1. The Hall–Kier alpha value is -4.04. The third-order valence-electron chi connectivity index (χ3n) is 6.51. The van der Waals surface area contributed by atoms with Crippen molar-refractivity contribution < 1.29 is 22.4 Å². The van der Waals surface area contributed by atoms with Gasteiger partial charge in [0.25, 0.3) is 5.91 Å². The lowest BCUT2D eigenvalue weighted by molar-refractivity contribution is 0.0940. The first-order valence-corrected chi connectivity index (χ1v) is 13.3. The zero-order valence-electron chi connectivity index (χ0n) is 20.9. The average molecular weight is 549 g/mol. The smallest absolute Gasteiger partial charge is 0.251 e. The molecule has 8 heteroatoms. The van der Waals surface area contributed by atoms with Crippen LogP contribution in [0.1, 0.15) is 45.5 Å². The molecule has 1 unspecified atom stereocenters. The molecule has 3 nitrogen and oxygen atoms in total. The number of thiazole rings is 1. The number of benzene rings is 4. The number of carbonyl (C=O) groups is 1. The highest BCUT2D eigenvalue weighted by molar-refractivity contribution is 7.16. The van der Waals surface area contributed by atoms with Crippen molar-refractivity contribution in [3.05, 3.63) is 135 Å². The second-order valence-corrected chi connectivity index (χ2v) is 10.5. The number of fused-ring (bicyclic) bond motifs is 1. The van der Waals surface area contributed by atoms with Gasteiger partial charge in [-0.1, -0.05) is 18.2 Å². The molecule has 4 aromatic carbocycles. The zero-order valence-corrected chi connectivity index (χ0v) is 21.7. The summed E-state index contributed by atoms with van der Waals surface area (Å²) < 4.78 is 56.1. The molecule has 0 aliphatic carbocycles. The summed E-state index contributed by atoms with van der Waals surface area (Å²) in [7, 11) is 0. The zero-order chi connectivity index (χ0) is 27.5. The molecule has 0 fully saturated rings. The number of nitrogens with zero attached hydrogens (tertiary/aromatic N) is 1. The lowest BCUT2D eigenvalue weighted by Crippen LogP contribution is -2.34. The topological polar surface area (TPSA) is 42.0 Å². The van der Waals surface area contributed by atoms with Gasteiger partial charge < -0.3 is 5.32 Å². The summed E-state index contributed by atoms with van der Waals surface area (Å²) in [5.74, 6) is -3.30. The Balaban J connectivity index is 1.42. The maximum Gasteiger partial charge on any atom is 0.251 e. The number of halogens is 4. The van der Waals surface area contributed by atoms with E-state index in [0.29, 0.717) is 23.1 Å². The van der Waals surface area contributed by atoms with Crippen molar-refractivity contribution in [1.82, 2.24) is 10.3 Å². The van der Waals surface area contributed by atoms with Gasteiger partial charge in [-0.15, -0.1) is 11.3 Å². The number of rotatable bonds is 8. The summed E-state index contributed by atoms with van der Waals surface area (Å²) in [6.07, 6.45) is 0.554. The highest BCUT2D eigenvalue weighted by atomic mass is 32.1. The van der Waals surface area contributed by atoms with Gasteiger partial charge in [0.1, 0.15) is 23.3 Å². The Kier molecular flexibility index (Phi) is 7.74. The Morgan fingerprint density at radius 3 is 2.08 bits per heavy atom. The van der Waals surface area contributed by atoms with Crippen LogP contribution in [0.3, 0.4) is 0 Å². The van der Waals surface area contributed by atoms with Gasteiger partial charge in [-0.3, -0.25) is 4.79 Å². The molecule has 0 saturated heterocycles. The van der Waals surface area contributed by atoms with E-state index in [1.807, 2.05) is 24.3 Å². The minimum atomic E-state index is -0.670. The normalized spacial score (nSPS) is 12.8. The number of carbonyl (C=O) groups excluding carboxylic acids is 1. The minimum absolute atomic E-state index is 0.252. The van der Waals surface area contributed by atoms with Crippen molar-refractivity contribution in [2.45, 2.75) is 31.7 Å². The summed E-state index contributed by atoms with van der Waals surface area (Å²) >= 11 is 1.52. The van der Waals surface area contributed by atoms with E-state index >= 15 is 0 Å². The molecule has 1 heterocycles. The molecule has 39 heavy (non-hydrogen) atoms. The molecule has 1 amide bonds. The Bertz CT molecular complexity index is 1610. The van der Waals surface area contributed by atoms with E-state index in [-0.39, 0.29) is 24.3 Å². The first-order valence-electron chi connectivity index (χ1n) is 12.4. The largest absolute Gasteiger partial charge is 0.349 e. The predicted molar refractivity (Wildman–Crippen MR) is 145 cm³/mol. The van der Waals surface area contributed by atoms with Crippen molar-refractivity contribution in [3.8, 4) is 0 Å². The molecular formula is C31H24F4N2OS. The Morgan fingerprint density at radius 1 is 0.795 bits per heavy atom. The Labute approximate surface area is 227 Å². The first kappa shape index (κ1) is 26.6. The van der Waals surface area contributed by atoms with Crippen LogP contribution in [-0.2, 0) is 12.8 Å². The average Bonchev–Trinajstić information content (AvgIpc) is 3.34. The highest BCUT2D eigenvalue weighted by Crippen LogP contribution is 2.32. The summed E-state index contributed by atoms with van der Waals surface area (Å²) in [6, 6.07) is 19.3. The van der Waals surface area contributed by atoms with Gasteiger partial charge in [-0.25, -0.2) is 22.5 Å². The van der Waals surface area contributed by atoms with Crippen LogP contribution in [0, 0.1) is 23.3 Å². The van der Waals surface area contributed by atoms with Crippen LogP contribution < -0.4 is 5.32 Å². The summed E-state index contributed by atoms with van der Waals surface area (Å²) in [5, 5.41) is 2.88. The molecule has 1 aromatic heterocycles. The van der Waals surface area contributed by atoms with E-state index < -0.39 is 23.3 Å². The van der Waals surface area contributed by atoms with Crippen molar-refractivity contribution in [2.24, 2.45) is 0 Å². The highest BCUT2D eigenvalue weighted by Gasteiger charge is 2.20. The van der Waals surface area contributed by atoms with E-state index in [0.717, 1.165) is 33.5 Å². The molecule has 5 aromatic rings. The fourth-order valence-corrected chi connectivity index (χ4v) is 5.48. The summed E-state index contributed by atoms with van der Waals surface area (Å²) in [6.45, 7) is 1.76. The maximum absolute atomic E-state index is 14.0. The number of hydrogen-bond donors (Lipinski definition) is 1. The molecule has 0 aliphatic heterocycles. The van der Waals surface area contributed by atoms with Gasteiger partial charge in [-0.05, 0) is 90.6 Å². The molecule has 5 rings (SSSR count). The fourth-order valence-electron chi connectivity index (χ4n) is 4.82. The van der Waals surface area contributed by atoms with Crippen LogP contribution in [0.4, 0.5) is 17.6 Å². The molecule has 1 N–H and O–H groups in total. The maximum atomic E-state index is 14.0. The quantitative estimate of drug-likeness (QED) is 0.203. The predicted octanol–water partition coefficient (Wildman–Crippen LogP) is 7.59. The van der Waals surface area contributed by atoms with E-state index in [1.165, 1.54) is 35.6 Å². The van der Waals surface area contributed by atoms with Gasteiger partial charge in [0, 0.05) is 29.7 Å². The lowest BCUT2D eigenvalue weighted by atomic mass is 9.85. The molecule has 0 radical (unpaired) electrons. The monoisotopic (exact) mass is 548 g/mol. The second-order valence-electron chi connectivity index (χ2n) is 9.60. The molecule has 0 saturated carbocycles. The summed E-state index contributed by atoms with van der Waals surface area (Å²) in [4.78, 5) is 17.5. The molecule has 0 spiro atoms. The van der Waals surface area contributed by atoms with Gasteiger partial charge >= 0.3 is 0 Å². The number of aromatic nitrogens is 1. The van der Waals surface area contributed by atoms with Crippen molar-refractivity contribution in [3.63, 3.8) is 0 Å². The molecule has 198 valence electrons. The van der Waals surface area contributed by atoms with E-state index in [4.69, 9.17) is 0 Å². The minimum Gasteiger partial charge on any atom is -0.349 e. The van der Waals surface area contributed by atoms with Crippen LogP contribution in [-0.4, -0.2) is 16.9 Å². The van der Waals surface area contributed by atoms with Crippen molar-refractivity contribution in [2.75, 3.05) is 0 Å². The van der Waals surface area contributed by atoms with Gasteiger partial charge in [0.2, 0.25) is 0 Å². The van der Waals surface area contributed by atoms with E-state index in [1.54, 1.807) is 30.6 Å². The number of nitrogens with one attached hydrogen (secondary N) is 1. The fraction of sp³-hybridized carbons (Fsp3) is 0.161. The molecule has 0 aliphatic rings. The Morgan fingerprint density at radius 2 is 1.41 bits per heavy atom. The van der Waals surface area contributed by atoms with Crippen LogP contribution in [0.5, 0.6) is 0 Å². The van der Waals surface area contributed by atoms with E-state index in [9.17, 15) is 22.4 Å². The molecule has 0 bridgehead atoms. The number of amides is 1. The molecule has 2 atom stereocenters. The van der Waals surface area contributed by atoms with Crippen LogP contribution in [0.15, 0.2) is 84.4 Å². The van der Waals surface area contributed by atoms with Crippen molar-refractivity contribution >= 4 is 27.5 Å². The second kappa shape index (κ2) is 11.4. The first-order chi connectivity index (χ1) is 18.7. The van der Waals surface area contributed by atoms with Gasteiger partial charge in [-0.2, -0.15) is 0 Å². The third-order valence-corrected chi connectivity index (χ3v) is 7.32. The van der Waals surface area contributed by atoms with Gasteiger partial charge in [0.15, 0.2) is 0 Å².